The summed E-state index contributed by atoms with van der Waals surface area (Å²) in [4.78, 5) is 72.4. The molecule has 0 spiro atoms. The lowest BCUT2D eigenvalue weighted by atomic mass is 9.99. The van der Waals surface area contributed by atoms with E-state index in [0.717, 1.165) is 114 Å². The Morgan fingerprint density at radius 3 is 0.816 bits per heavy atom. The van der Waals surface area contributed by atoms with E-state index in [9.17, 15) is 43.2 Å². The molecule has 0 aliphatic rings. The molecule has 516 valence electrons. The van der Waals surface area contributed by atoms with Crippen LogP contribution in [0.15, 0.2) is 0 Å². The van der Waals surface area contributed by atoms with E-state index in [0.29, 0.717) is 25.7 Å². The van der Waals surface area contributed by atoms with Gasteiger partial charge in [-0.25, -0.2) is 9.13 Å². The van der Waals surface area contributed by atoms with E-state index in [-0.39, 0.29) is 25.7 Å². The van der Waals surface area contributed by atoms with Gasteiger partial charge in [0.2, 0.25) is 0 Å². The maximum absolute atomic E-state index is 13.0. The van der Waals surface area contributed by atoms with Crippen LogP contribution in [0.2, 0.25) is 0 Å². The van der Waals surface area contributed by atoms with E-state index in [1.165, 1.54) is 135 Å². The number of carbonyl (C=O) groups is 4. The Bertz CT molecular complexity index is 1740. The molecule has 0 amide bonds. The van der Waals surface area contributed by atoms with Gasteiger partial charge in [0.15, 0.2) is 12.2 Å². The van der Waals surface area contributed by atoms with Gasteiger partial charge in [-0.2, -0.15) is 0 Å². The van der Waals surface area contributed by atoms with Gasteiger partial charge in [-0.15, -0.1) is 0 Å². The van der Waals surface area contributed by atoms with Crippen LogP contribution in [0.1, 0.15) is 331 Å². The fourth-order valence-corrected chi connectivity index (χ4v) is 11.6. The zero-order chi connectivity index (χ0) is 64.7. The van der Waals surface area contributed by atoms with Crippen molar-refractivity contribution in [1.82, 2.24) is 0 Å². The van der Waals surface area contributed by atoms with Gasteiger partial charge >= 0.3 is 39.5 Å². The lowest BCUT2D eigenvalue weighted by Crippen LogP contribution is -2.30. The fourth-order valence-electron chi connectivity index (χ4n) is 10.0. The molecule has 0 aromatic rings. The van der Waals surface area contributed by atoms with Crippen molar-refractivity contribution in [2.24, 2.45) is 23.7 Å². The van der Waals surface area contributed by atoms with Crippen LogP contribution in [0, 0.1) is 23.7 Å². The van der Waals surface area contributed by atoms with E-state index in [1.807, 2.05) is 0 Å². The molecular formula is C68H132O17P2. The summed E-state index contributed by atoms with van der Waals surface area (Å²) in [6.07, 6.45) is 38.9. The van der Waals surface area contributed by atoms with Gasteiger partial charge in [0.1, 0.15) is 19.3 Å². The summed E-state index contributed by atoms with van der Waals surface area (Å²) in [6.45, 7) is 14.1. The topological polar surface area (TPSA) is 237 Å². The number of aliphatic hydroxyl groups excluding tert-OH is 1. The minimum atomic E-state index is -4.95. The summed E-state index contributed by atoms with van der Waals surface area (Å²) in [6, 6.07) is 0. The second-order valence-corrected chi connectivity index (χ2v) is 28.7. The van der Waals surface area contributed by atoms with Crippen molar-refractivity contribution in [2.45, 2.75) is 350 Å². The van der Waals surface area contributed by atoms with Gasteiger partial charge < -0.3 is 33.8 Å². The average molecular weight is 1280 g/mol. The first-order valence-electron chi connectivity index (χ1n) is 35.3. The lowest BCUT2D eigenvalue weighted by Gasteiger charge is -2.21. The molecule has 0 saturated carbocycles. The number of aliphatic hydroxyl groups is 1. The third-order valence-electron chi connectivity index (χ3n) is 16.7. The van der Waals surface area contributed by atoms with Crippen molar-refractivity contribution in [3.63, 3.8) is 0 Å². The number of rotatable bonds is 65. The Morgan fingerprint density at radius 2 is 0.552 bits per heavy atom. The van der Waals surface area contributed by atoms with Crippen molar-refractivity contribution < 1.29 is 80.2 Å². The average Bonchev–Trinajstić information content (AvgIpc) is 3.69. The van der Waals surface area contributed by atoms with E-state index in [4.69, 9.17) is 37.0 Å². The smallest absolute Gasteiger partial charge is 0.462 e. The predicted octanol–water partition coefficient (Wildman–Crippen LogP) is 18.9. The highest BCUT2D eigenvalue weighted by atomic mass is 31.2. The second kappa shape index (κ2) is 57.9. The zero-order valence-corrected chi connectivity index (χ0v) is 58.4. The van der Waals surface area contributed by atoms with E-state index < -0.39 is 97.5 Å². The number of carbonyl (C=O) groups excluding carboxylic acids is 4. The molecule has 0 bridgehead atoms. The number of hydrogen-bond donors (Lipinski definition) is 3. The number of esters is 4. The molecule has 0 rings (SSSR count). The Hall–Kier alpha value is -1.94. The highest BCUT2D eigenvalue weighted by Gasteiger charge is 2.30. The molecule has 6 unspecified atom stereocenters. The third-order valence-corrected chi connectivity index (χ3v) is 18.6. The van der Waals surface area contributed by atoms with Crippen LogP contribution in [-0.2, 0) is 65.4 Å². The van der Waals surface area contributed by atoms with E-state index >= 15 is 0 Å². The molecule has 8 atom stereocenters. The summed E-state index contributed by atoms with van der Waals surface area (Å²) < 4.78 is 68.2. The third kappa shape index (κ3) is 58.9. The molecule has 19 heteroatoms. The summed E-state index contributed by atoms with van der Waals surface area (Å²) in [7, 11) is -9.90. The van der Waals surface area contributed by atoms with Crippen LogP contribution in [0.25, 0.3) is 0 Å². The first kappa shape index (κ1) is 85.1. The van der Waals surface area contributed by atoms with E-state index in [1.54, 1.807) is 0 Å². The van der Waals surface area contributed by atoms with Crippen LogP contribution in [0.3, 0.4) is 0 Å². The highest BCUT2D eigenvalue weighted by molar-refractivity contribution is 7.47. The van der Waals surface area contributed by atoms with Crippen LogP contribution >= 0.6 is 15.6 Å². The lowest BCUT2D eigenvalue weighted by molar-refractivity contribution is -0.161. The summed E-state index contributed by atoms with van der Waals surface area (Å²) >= 11 is 0. The van der Waals surface area contributed by atoms with Crippen LogP contribution in [0.5, 0.6) is 0 Å². The maximum Gasteiger partial charge on any atom is 0.472 e. The molecule has 0 heterocycles. The number of hydrogen-bond acceptors (Lipinski definition) is 15. The van der Waals surface area contributed by atoms with Crippen molar-refractivity contribution >= 4 is 39.5 Å². The molecule has 0 aliphatic heterocycles. The number of ether oxygens (including phenoxy) is 4. The molecule has 87 heavy (non-hydrogen) atoms. The van der Waals surface area contributed by atoms with Gasteiger partial charge in [-0.3, -0.25) is 37.3 Å². The minimum absolute atomic E-state index is 0.102. The molecule has 0 aromatic heterocycles. The summed E-state index contributed by atoms with van der Waals surface area (Å²) in [5.41, 5.74) is 0. The minimum Gasteiger partial charge on any atom is -0.462 e. The highest BCUT2D eigenvalue weighted by Crippen LogP contribution is 2.45. The zero-order valence-electron chi connectivity index (χ0n) is 56.6. The van der Waals surface area contributed by atoms with Gasteiger partial charge in [0.05, 0.1) is 26.4 Å². The van der Waals surface area contributed by atoms with Crippen LogP contribution in [0.4, 0.5) is 0 Å². The Labute approximate surface area is 530 Å². The quantitative estimate of drug-likeness (QED) is 0.0222. The largest absolute Gasteiger partial charge is 0.472 e. The molecule has 3 N–H and O–H groups in total. The molecule has 0 radical (unpaired) electrons. The number of phosphoric ester groups is 2. The predicted molar refractivity (Wildman–Crippen MR) is 349 cm³/mol. The van der Waals surface area contributed by atoms with Gasteiger partial charge in [0, 0.05) is 25.7 Å². The Morgan fingerprint density at radius 1 is 0.322 bits per heavy atom. The molecule has 0 aliphatic carbocycles. The van der Waals surface area contributed by atoms with E-state index in [2.05, 4.69) is 55.4 Å². The van der Waals surface area contributed by atoms with Crippen LogP contribution < -0.4 is 0 Å². The standard InChI is InChI=1S/C68H132O17P2/c1-9-59(6)45-37-29-21-14-12-13-15-25-34-42-50-67(72)84-63(54-78-65(70)48-40-32-23-18-16-20-28-36-44-58(4)5)56-82-86(74,75)80-52-62(69)53-81-87(76,77)83-57-64(85-68(73)51-43-35-27-26-31-39-47-61(8)11-3)55-79-66(71)49-41-33-24-19-17-22-30-38-46-60(7)10-2/h58-64,69H,9-57H2,1-8H3,(H,74,75)(H,76,77)/t59?,60?,61?,62?,63-,64-/m1/s1. The Balaban J connectivity index is 5.27. The molecular weight excluding hydrogens is 1150 g/mol. The normalized spacial score (nSPS) is 15.3. The van der Waals surface area contributed by atoms with Gasteiger partial charge in [-0.05, 0) is 49.4 Å². The first-order chi connectivity index (χ1) is 41.7. The van der Waals surface area contributed by atoms with Crippen molar-refractivity contribution in [2.75, 3.05) is 39.6 Å². The second-order valence-electron chi connectivity index (χ2n) is 25.8. The number of phosphoric acid groups is 2. The van der Waals surface area contributed by atoms with Crippen molar-refractivity contribution in [1.29, 1.82) is 0 Å². The maximum atomic E-state index is 13.0. The van der Waals surface area contributed by atoms with Gasteiger partial charge in [-0.1, -0.05) is 280 Å². The van der Waals surface area contributed by atoms with Crippen molar-refractivity contribution in [3.8, 4) is 0 Å². The molecule has 17 nitrogen and oxygen atoms in total. The Kier molecular flexibility index (Phi) is 56.6. The molecule has 0 saturated heterocycles. The molecule has 0 aromatic carbocycles. The fraction of sp³-hybridized carbons (Fsp3) is 0.941. The summed E-state index contributed by atoms with van der Waals surface area (Å²) in [5, 5.41) is 10.6. The monoisotopic (exact) mass is 1280 g/mol. The van der Waals surface area contributed by atoms with Crippen LogP contribution in [-0.4, -0.2) is 96.7 Å². The number of unbranched alkanes of at least 4 members (excludes halogenated alkanes) is 28. The summed E-state index contributed by atoms with van der Waals surface area (Å²) in [5.74, 6) is 0.892. The van der Waals surface area contributed by atoms with Gasteiger partial charge in [0.25, 0.3) is 0 Å². The van der Waals surface area contributed by atoms with Crippen molar-refractivity contribution in [3.05, 3.63) is 0 Å². The SMILES string of the molecule is CCC(C)CCCCCCCCCCCCC(=O)O[C@H](COC(=O)CCCCCCCCCCC(C)C)COP(=O)(O)OCC(O)COP(=O)(O)OC[C@@H](COC(=O)CCCCCCCCCCC(C)CC)OC(=O)CCCCCCCCC(C)CC. The molecule has 0 fully saturated rings. The first-order valence-corrected chi connectivity index (χ1v) is 38.3.